The lowest BCUT2D eigenvalue weighted by Gasteiger charge is -2.21. The Morgan fingerprint density at radius 3 is 2.68 bits per heavy atom. The van der Waals surface area contributed by atoms with Crippen LogP contribution in [-0.4, -0.2) is 52.2 Å². The average Bonchev–Trinajstić information content (AvgIpc) is 2.88. The maximum absolute atomic E-state index is 11.5. The van der Waals surface area contributed by atoms with Gasteiger partial charge in [0.05, 0.1) is 12.7 Å². The first-order valence-electron chi connectivity index (χ1n) is 7.91. The van der Waals surface area contributed by atoms with Gasteiger partial charge >= 0.3 is 0 Å². The van der Waals surface area contributed by atoms with Gasteiger partial charge in [0.2, 0.25) is 5.91 Å². The molecule has 0 bridgehead atoms. The molecule has 1 unspecified atom stereocenters. The molecule has 22 heavy (non-hydrogen) atoms. The fourth-order valence-electron chi connectivity index (χ4n) is 2.82. The van der Waals surface area contributed by atoms with E-state index in [2.05, 4.69) is 5.32 Å². The standard InChI is InChI=1S/C15H26N2O4S/c16-15(20)10(9-22-11-4-2-1-3-5-11)7-17-14-6-12(19)13(8-18)21-14/h7,11-14,17-19H,1-6,8-9H2,(H2,16,20)/b10-7-/t12?,13-,14-/m1/s1. The molecule has 1 heterocycles. The lowest BCUT2D eigenvalue weighted by atomic mass is 10.0. The number of amides is 1. The second-order valence-electron chi connectivity index (χ2n) is 5.92. The van der Waals surface area contributed by atoms with Crippen molar-refractivity contribution in [1.82, 2.24) is 5.32 Å². The fraction of sp³-hybridized carbons (Fsp3) is 0.800. The summed E-state index contributed by atoms with van der Waals surface area (Å²) in [7, 11) is 0. The van der Waals surface area contributed by atoms with Gasteiger partial charge in [-0.3, -0.25) is 4.79 Å². The molecule has 1 saturated carbocycles. The van der Waals surface area contributed by atoms with Gasteiger partial charge in [0.15, 0.2) is 0 Å². The van der Waals surface area contributed by atoms with Crippen molar-refractivity contribution in [3.63, 3.8) is 0 Å². The molecule has 1 saturated heterocycles. The van der Waals surface area contributed by atoms with Gasteiger partial charge in [0, 0.05) is 29.2 Å². The van der Waals surface area contributed by atoms with Gasteiger partial charge in [0.1, 0.15) is 12.3 Å². The zero-order chi connectivity index (χ0) is 15.9. The predicted molar refractivity (Wildman–Crippen MR) is 86.1 cm³/mol. The molecule has 3 atom stereocenters. The van der Waals surface area contributed by atoms with Crippen LogP contribution in [0, 0.1) is 0 Å². The van der Waals surface area contributed by atoms with E-state index in [1.807, 2.05) is 0 Å². The van der Waals surface area contributed by atoms with Crippen molar-refractivity contribution < 1.29 is 19.7 Å². The van der Waals surface area contributed by atoms with Crippen molar-refractivity contribution >= 4 is 17.7 Å². The van der Waals surface area contributed by atoms with Crippen LogP contribution < -0.4 is 11.1 Å². The number of ether oxygens (including phenoxy) is 1. The topological polar surface area (TPSA) is 105 Å². The smallest absolute Gasteiger partial charge is 0.246 e. The van der Waals surface area contributed by atoms with Gasteiger partial charge in [-0.05, 0) is 12.8 Å². The summed E-state index contributed by atoms with van der Waals surface area (Å²) in [5.74, 6) is 0.152. The van der Waals surface area contributed by atoms with Crippen LogP contribution >= 0.6 is 11.8 Å². The Hall–Kier alpha value is -0.760. The number of nitrogens with two attached hydrogens (primary N) is 1. The lowest BCUT2D eigenvalue weighted by molar-refractivity contribution is -0.114. The van der Waals surface area contributed by atoms with Crippen LogP contribution in [0.2, 0.25) is 0 Å². The van der Waals surface area contributed by atoms with E-state index >= 15 is 0 Å². The summed E-state index contributed by atoms with van der Waals surface area (Å²) < 4.78 is 5.43. The highest BCUT2D eigenvalue weighted by atomic mass is 32.2. The number of carbonyl (C=O) groups is 1. The average molecular weight is 330 g/mol. The molecule has 0 aromatic heterocycles. The van der Waals surface area contributed by atoms with Crippen molar-refractivity contribution in [2.45, 2.75) is 62.2 Å². The number of hydrogen-bond acceptors (Lipinski definition) is 6. The zero-order valence-electron chi connectivity index (χ0n) is 12.7. The van der Waals surface area contributed by atoms with E-state index in [1.165, 1.54) is 32.1 Å². The summed E-state index contributed by atoms with van der Waals surface area (Å²) in [5, 5.41) is 22.3. The molecular formula is C15H26N2O4S. The molecule has 0 aromatic carbocycles. The SMILES string of the molecule is NC(=O)/C(=C\N[C@H]1CC(O)[C@@H](CO)O1)CSC1CCCCC1. The third-order valence-electron chi connectivity index (χ3n) is 4.19. The molecule has 1 aliphatic heterocycles. The summed E-state index contributed by atoms with van der Waals surface area (Å²) in [6, 6.07) is 0. The number of thioether (sulfide) groups is 1. The van der Waals surface area contributed by atoms with E-state index in [-0.39, 0.29) is 6.61 Å². The minimum Gasteiger partial charge on any atom is -0.394 e. The minimum absolute atomic E-state index is 0.219. The van der Waals surface area contributed by atoms with Crippen LogP contribution in [0.15, 0.2) is 11.8 Å². The Morgan fingerprint density at radius 1 is 1.36 bits per heavy atom. The van der Waals surface area contributed by atoms with E-state index < -0.39 is 24.3 Å². The van der Waals surface area contributed by atoms with Gasteiger partial charge in [-0.15, -0.1) is 0 Å². The molecule has 6 nitrogen and oxygen atoms in total. The van der Waals surface area contributed by atoms with Crippen molar-refractivity contribution in [1.29, 1.82) is 0 Å². The largest absolute Gasteiger partial charge is 0.394 e. The molecule has 2 aliphatic rings. The van der Waals surface area contributed by atoms with Crippen LogP contribution in [-0.2, 0) is 9.53 Å². The van der Waals surface area contributed by atoms with Crippen LogP contribution in [0.5, 0.6) is 0 Å². The van der Waals surface area contributed by atoms with E-state index in [0.717, 1.165) is 0 Å². The summed E-state index contributed by atoms with van der Waals surface area (Å²) in [4.78, 5) is 11.5. The predicted octanol–water partition coefficient (Wildman–Crippen LogP) is 0.479. The van der Waals surface area contributed by atoms with Crippen molar-refractivity contribution in [3.8, 4) is 0 Å². The van der Waals surface area contributed by atoms with Crippen molar-refractivity contribution in [2.24, 2.45) is 5.73 Å². The normalized spacial score (nSPS) is 30.5. The molecule has 0 radical (unpaired) electrons. The Bertz CT molecular complexity index is 399. The van der Waals surface area contributed by atoms with Gasteiger partial charge in [0.25, 0.3) is 0 Å². The van der Waals surface area contributed by atoms with E-state index in [0.29, 0.717) is 23.0 Å². The third-order valence-corrected chi connectivity index (χ3v) is 5.61. The third kappa shape index (κ3) is 5.15. The van der Waals surface area contributed by atoms with Gasteiger partial charge in [-0.25, -0.2) is 0 Å². The molecule has 1 amide bonds. The summed E-state index contributed by atoms with van der Waals surface area (Å²) in [6.45, 7) is -0.219. The number of primary amides is 1. The van der Waals surface area contributed by atoms with Gasteiger partial charge in [-0.2, -0.15) is 11.8 Å². The van der Waals surface area contributed by atoms with Gasteiger partial charge in [-0.1, -0.05) is 19.3 Å². The fourth-order valence-corrected chi connectivity index (χ4v) is 4.12. The number of carbonyl (C=O) groups excluding carboxylic acids is 1. The zero-order valence-corrected chi connectivity index (χ0v) is 13.6. The van der Waals surface area contributed by atoms with E-state index in [9.17, 15) is 9.90 Å². The van der Waals surface area contributed by atoms with Crippen molar-refractivity contribution in [3.05, 3.63) is 11.8 Å². The molecular weight excluding hydrogens is 304 g/mol. The Labute approximate surface area is 135 Å². The first-order valence-corrected chi connectivity index (χ1v) is 8.96. The molecule has 0 spiro atoms. The monoisotopic (exact) mass is 330 g/mol. The molecule has 7 heteroatoms. The molecule has 2 rings (SSSR count). The molecule has 2 fully saturated rings. The Kier molecular flexibility index (Phi) is 7.01. The summed E-state index contributed by atoms with van der Waals surface area (Å²) in [6.07, 6.45) is 6.57. The second-order valence-corrected chi connectivity index (χ2v) is 7.21. The number of nitrogens with one attached hydrogen (secondary N) is 1. The summed E-state index contributed by atoms with van der Waals surface area (Å²) in [5.41, 5.74) is 5.96. The van der Waals surface area contributed by atoms with Gasteiger partial charge < -0.3 is 26.0 Å². The highest BCUT2D eigenvalue weighted by Gasteiger charge is 2.32. The lowest BCUT2D eigenvalue weighted by Crippen LogP contribution is -2.28. The highest BCUT2D eigenvalue weighted by Crippen LogP contribution is 2.29. The maximum atomic E-state index is 11.5. The highest BCUT2D eigenvalue weighted by molar-refractivity contribution is 8.00. The Balaban J connectivity index is 1.81. The minimum atomic E-state index is -0.690. The number of aliphatic hydroxyl groups excluding tert-OH is 2. The quantitative estimate of drug-likeness (QED) is 0.506. The molecule has 126 valence electrons. The molecule has 0 aromatic rings. The van der Waals surface area contributed by atoms with E-state index in [1.54, 1.807) is 18.0 Å². The molecule has 1 aliphatic carbocycles. The molecule has 5 N–H and O–H groups in total. The van der Waals surface area contributed by atoms with E-state index in [4.69, 9.17) is 15.6 Å². The van der Waals surface area contributed by atoms with Crippen LogP contribution in [0.1, 0.15) is 38.5 Å². The number of aliphatic hydroxyl groups is 2. The number of rotatable bonds is 7. The summed E-state index contributed by atoms with van der Waals surface area (Å²) >= 11 is 1.78. The van der Waals surface area contributed by atoms with Crippen LogP contribution in [0.4, 0.5) is 0 Å². The second kappa shape index (κ2) is 8.76. The van der Waals surface area contributed by atoms with Crippen LogP contribution in [0.3, 0.4) is 0 Å². The maximum Gasteiger partial charge on any atom is 0.246 e. The first-order chi connectivity index (χ1) is 10.6. The Morgan fingerprint density at radius 2 is 2.09 bits per heavy atom. The number of hydrogen-bond donors (Lipinski definition) is 4. The first kappa shape index (κ1) is 17.6. The van der Waals surface area contributed by atoms with Crippen molar-refractivity contribution in [2.75, 3.05) is 12.4 Å². The van der Waals surface area contributed by atoms with Crippen LogP contribution in [0.25, 0.3) is 0 Å².